The van der Waals surface area contributed by atoms with Crippen LogP contribution in [0, 0.1) is 24.3 Å². The second kappa shape index (κ2) is 13.8. The molecule has 0 aliphatic heterocycles. The monoisotopic (exact) mass is 849 g/mol. The SMILES string of the molecule is Cc1cc2c(cc1C(C)(C)C)=c1c(c(C3=CC=CC3)c(C)c(C(C)(C)C)c1=C(c1ccc(Br)cc1)c1ccc(Br)cc1)[C]=2[Zr+2].[Cl-].[Cl-]. The minimum Gasteiger partial charge on any atom is -1.00 e. The van der Waals surface area contributed by atoms with Crippen LogP contribution in [0.5, 0.6) is 0 Å². The molecular weight excluding hydrogens is 814 g/mol. The Kier molecular flexibility index (Phi) is 11.2. The number of rotatable bonds is 3. The second-order valence-corrected chi connectivity index (χ2v) is 17.4. The van der Waals surface area contributed by atoms with Gasteiger partial charge in [0.25, 0.3) is 0 Å². The first-order valence-electron chi connectivity index (χ1n) is 15.4. The van der Waals surface area contributed by atoms with Crippen LogP contribution in [0.2, 0.25) is 0 Å². The molecule has 2 aliphatic carbocycles. The zero-order chi connectivity index (χ0) is 31.7. The van der Waals surface area contributed by atoms with Crippen molar-refractivity contribution < 1.29 is 49.5 Å². The molecule has 6 rings (SSSR count). The number of allylic oxidation sites excluding steroid dienone is 4. The number of halogens is 4. The average molecular weight is 854 g/mol. The van der Waals surface area contributed by atoms with Crippen LogP contribution in [-0.4, -0.2) is 0 Å². The minimum absolute atomic E-state index is 0. The van der Waals surface area contributed by atoms with Crippen molar-refractivity contribution in [3.05, 3.63) is 153 Å². The van der Waals surface area contributed by atoms with Crippen LogP contribution in [0.4, 0.5) is 0 Å². The van der Waals surface area contributed by atoms with Gasteiger partial charge in [0.05, 0.1) is 0 Å². The number of hydrogen-bond acceptors (Lipinski definition) is 0. The third-order valence-electron chi connectivity index (χ3n) is 9.07. The van der Waals surface area contributed by atoms with Crippen molar-refractivity contribution >= 4 is 46.3 Å². The third-order valence-corrected chi connectivity index (χ3v) is 11.4. The fourth-order valence-corrected chi connectivity index (χ4v) is 9.02. The Labute approximate surface area is 318 Å². The maximum atomic E-state index is 3.71. The quantitative estimate of drug-likeness (QED) is 0.289. The summed E-state index contributed by atoms with van der Waals surface area (Å²) in [7, 11) is 0. The summed E-state index contributed by atoms with van der Waals surface area (Å²) in [6.07, 6.45) is 7.87. The maximum Gasteiger partial charge on any atom is -1.00 e. The first-order chi connectivity index (χ1) is 20.7. The molecule has 4 aromatic rings. The van der Waals surface area contributed by atoms with Gasteiger partial charge in [-0.05, 0) is 0 Å². The zero-order valence-corrected chi connectivity index (χ0v) is 34.9. The van der Waals surface area contributed by atoms with E-state index in [4.69, 9.17) is 0 Å². The van der Waals surface area contributed by atoms with E-state index in [2.05, 4.69) is 166 Å². The number of benzene rings is 4. The molecule has 0 amide bonds. The number of fused-ring (bicyclic) bond motifs is 2. The van der Waals surface area contributed by atoms with Crippen molar-refractivity contribution in [3.63, 3.8) is 0 Å². The predicted molar refractivity (Wildman–Crippen MR) is 191 cm³/mol. The molecule has 0 atom stereocenters. The Hall–Kier alpha value is -1.48. The summed E-state index contributed by atoms with van der Waals surface area (Å²) in [5.41, 5.74) is 13.7. The summed E-state index contributed by atoms with van der Waals surface area (Å²) in [4.78, 5) is 0. The molecule has 0 fully saturated rings. The molecule has 0 spiro atoms. The van der Waals surface area contributed by atoms with E-state index < -0.39 is 0 Å². The van der Waals surface area contributed by atoms with Gasteiger partial charge in [-0.15, -0.1) is 0 Å². The topological polar surface area (TPSA) is 0 Å². The van der Waals surface area contributed by atoms with Crippen molar-refractivity contribution in [3.8, 4) is 0 Å². The third kappa shape index (κ3) is 6.58. The van der Waals surface area contributed by atoms with E-state index >= 15 is 0 Å². The summed E-state index contributed by atoms with van der Waals surface area (Å²) in [5, 5.41) is 5.60. The Morgan fingerprint density at radius 2 is 1.26 bits per heavy atom. The van der Waals surface area contributed by atoms with Crippen LogP contribution >= 0.6 is 31.9 Å². The van der Waals surface area contributed by atoms with Gasteiger partial charge in [0, 0.05) is 0 Å². The summed E-state index contributed by atoms with van der Waals surface area (Å²) in [5.74, 6) is 0. The molecule has 46 heavy (non-hydrogen) atoms. The van der Waals surface area contributed by atoms with Gasteiger partial charge >= 0.3 is 297 Å². The van der Waals surface area contributed by atoms with Crippen LogP contribution in [0.25, 0.3) is 14.4 Å². The molecule has 0 heterocycles. The van der Waals surface area contributed by atoms with Crippen LogP contribution in [-0.2, 0) is 35.5 Å². The molecule has 5 heteroatoms. The van der Waals surface area contributed by atoms with Crippen LogP contribution in [0.3, 0.4) is 0 Å². The molecule has 0 radical (unpaired) electrons. The van der Waals surface area contributed by atoms with Crippen molar-refractivity contribution in [1.82, 2.24) is 0 Å². The fraction of sp³-hybridized carbons (Fsp3) is 0.268. The second-order valence-electron chi connectivity index (χ2n) is 14.3. The molecule has 0 nitrogen and oxygen atoms in total. The van der Waals surface area contributed by atoms with E-state index in [1.165, 1.54) is 105 Å². The summed E-state index contributed by atoms with van der Waals surface area (Å²) in [6.45, 7) is 18.9. The van der Waals surface area contributed by atoms with Crippen molar-refractivity contribution in [2.24, 2.45) is 0 Å². The Morgan fingerprint density at radius 3 is 1.72 bits per heavy atom. The molecule has 0 unspecified atom stereocenters. The molecule has 2 aliphatic rings. The van der Waals surface area contributed by atoms with Crippen LogP contribution < -0.4 is 35.3 Å². The van der Waals surface area contributed by atoms with E-state index in [0.717, 1.165) is 15.4 Å². The summed E-state index contributed by atoms with van der Waals surface area (Å²) < 4.78 is 3.66. The molecule has 0 aromatic heterocycles. The normalized spacial score (nSPS) is 13.6. The summed E-state index contributed by atoms with van der Waals surface area (Å²) in [6, 6.07) is 22.9. The molecule has 4 aromatic carbocycles. The van der Waals surface area contributed by atoms with Crippen LogP contribution in [0.15, 0.2) is 87.8 Å². The molecule has 0 bridgehead atoms. The molecule has 0 saturated heterocycles. The molecule has 0 N–H and O–H groups in total. The molecule has 235 valence electrons. The molecular formula is C41H39Br2Cl2Zr. The van der Waals surface area contributed by atoms with Crippen LogP contribution in [0.1, 0.15) is 92.5 Å². The van der Waals surface area contributed by atoms with Gasteiger partial charge in [-0.2, -0.15) is 0 Å². The van der Waals surface area contributed by atoms with E-state index in [0.29, 0.717) is 0 Å². The fourth-order valence-electron chi connectivity index (χ4n) is 7.37. The predicted octanol–water partition coefficient (Wildman–Crippen LogP) is 4.33. The van der Waals surface area contributed by atoms with Crippen molar-refractivity contribution in [2.75, 3.05) is 0 Å². The van der Waals surface area contributed by atoms with E-state index in [-0.39, 0.29) is 35.6 Å². The van der Waals surface area contributed by atoms with Crippen molar-refractivity contribution in [2.45, 2.75) is 72.6 Å². The van der Waals surface area contributed by atoms with Gasteiger partial charge in [0.15, 0.2) is 0 Å². The number of aryl methyl sites for hydroxylation is 1. The van der Waals surface area contributed by atoms with Gasteiger partial charge in [-0.3, -0.25) is 0 Å². The van der Waals surface area contributed by atoms with E-state index in [1.807, 2.05) is 0 Å². The Balaban J connectivity index is 0.00000240. The average Bonchev–Trinajstić information content (AvgIpc) is 3.56. The van der Waals surface area contributed by atoms with Gasteiger partial charge < -0.3 is 24.8 Å². The van der Waals surface area contributed by atoms with E-state index in [9.17, 15) is 0 Å². The summed E-state index contributed by atoms with van der Waals surface area (Å²) >= 11 is 8.87. The van der Waals surface area contributed by atoms with E-state index in [1.54, 1.807) is 0 Å². The molecule has 0 saturated carbocycles. The first-order valence-corrected chi connectivity index (χ1v) is 18.2. The standard InChI is InChI=1S/C41H39Br2.2ClH.Zr/c1-24-21-29-22-33-35(26-11-9-10-12-26)25(2)39(41(6,7)8)38(37(33)32(29)23-34(24)40(3,4)5)36(27-13-17-30(42)18-14-27)28-15-19-31(43)20-16-28;;;/h9-11,13-21,23H,12H2,1-8H3;2*1H;/q;;;+2/p-2. The zero-order valence-electron chi connectivity index (χ0n) is 27.7. The van der Waals surface area contributed by atoms with Gasteiger partial charge in [0.2, 0.25) is 0 Å². The smallest absolute Gasteiger partial charge is 1.00 e. The van der Waals surface area contributed by atoms with Gasteiger partial charge in [-0.1, -0.05) is 0 Å². The van der Waals surface area contributed by atoms with Gasteiger partial charge in [0.1, 0.15) is 0 Å². The largest absolute Gasteiger partial charge is 1.00 e. The first kappa shape index (κ1) is 37.3. The Morgan fingerprint density at radius 1 is 0.717 bits per heavy atom. The van der Waals surface area contributed by atoms with Crippen molar-refractivity contribution in [1.29, 1.82) is 0 Å². The Bertz CT molecular complexity index is 2080. The van der Waals surface area contributed by atoms with Gasteiger partial charge in [-0.25, -0.2) is 0 Å². The number of hydrogen-bond donors (Lipinski definition) is 0. The maximum absolute atomic E-state index is 3.71. The minimum atomic E-state index is -0.0899.